The van der Waals surface area contributed by atoms with Gasteiger partial charge in [0.1, 0.15) is 11.6 Å². The van der Waals surface area contributed by atoms with E-state index in [0.29, 0.717) is 6.07 Å². The van der Waals surface area contributed by atoms with Gasteiger partial charge in [-0.1, -0.05) is 0 Å². The van der Waals surface area contributed by atoms with E-state index in [9.17, 15) is 22.0 Å². The van der Waals surface area contributed by atoms with Gasteiger partial charge in [0.25, 0.3) is 0 Å². The first-order valence-electron chi connectivity index (χ1n) is 3.53. The van der Waals surface area contributed by atoms with Crippen molar-refractivity contribution < 1.29 is 22.0 Å². The van der Waals surface area contributed by atoms with Gasteiger partial charge in [-0.05, 0) is 6.07 Å². The molecule has 0 amide bonds. The minimum Gasteiger partial charge on any atom is -0.205 e. The molecule has 0 N–H and O–H groups in total. The van der Waals surface area contributed by atoms with Crippen LogP contribution in [0.2, 0.25) is 0 Å². The maximum Gasteiger partial charge on any atom is 0.419 e. The Morgan fingerprint density at radius 1 is 1.20 bits per heavy atom. The Morgan fingerprint density at radius 2 is 1.73 bits per heavy atom. The van der Waals surface area contributed by atoms with Crippen molar-refractivity contribution in [2.24, 2.45) is 0 Å². The molecule has 0 aromatic heterocycles. The van der Waals surface area contributed by atoms with Crippen LogP contribution in [-0.4, -0.2) is 0 Å². The molecule has 7 heteroatoms. The van der Waals surface area contributed by atoms with Crippen LogP contribution in [0.4, 0.5) is 22.0 Å². The van der Waals surface area contributed by atoms with Crippen molar-refractivity contribution in [1.82, 2.24) is 0 Å². The third-order valence-electron chi connectivity index (χ3n) is 1.65. The predicted octanol–water partition coefficient (Wildman–Crippen LogP) is 2.36. The minimum atomic E-state index is -4.95. The third-order valence-corrected chi connectivity index (χ3v) is 2.07. The van der Waals surface area contributed by atoms with E-state index in [4.69, 9.17) is 5.26 Å². The average molecular weight is 239 g/mol. The highest BCUT2D eigenvalue weighted by Gasteiger charge is 2.36. The Bertz CT molecular complexity index is 446. The predicted molar refractivity (Wildman–Crippen MR) is 45.4 cm³/mol. The smallest absolute Gasteiger partial charge is 0.205 e. The van der Waals surface area contributed by atoms with Crippen LogP contribution >= 0.6 is 9.24 Å². The van der Waals surface area contributed by atoms with E-state index in [-0.39, 0.29) is 0 Å². The second-order valence-corrected chi connectivity index (χ2v) is 3.25. The Hall–Kier alpha value is -1.21. The SMILES string of the molecule is N#Cc1c(F)c(P)cc(C(F)(F)F)c1F. The molecular formula is C8H3F5NP. The molecule has 0 saturated carbocycles. The zero-order valence-corrected chi connectivity index (χ0v) is 8.15. The third kappa shape index (κ3) is 2.07. The van der Waals surface area contributed by atoms with Crippen molar-refractivity contribution in [1.29, 1.82) is 5.26 Å². The molecule has 1 unspecified atom stereocenters. The van der Waals surface area contributed by atoms with Crippen LogP contribution in [0, 0.1) is 23.0 Å². The van der Waals surface area contributed by atoms with Gasteiger partial charge in [0, 0.05) is 5.30 Å². The molecule has 1 aromatic carbocycles. The first kappa shape index (κ1) is 11.9. The number of benzene rings is 1. The molecule has 1 aromatic rings. The van der Waals surface area contributed by atoms with Gasteiger partial charge in [0.2, 0.25) is 0 Å². The van der Waals surface area contributed by atoms with Gasteiger partial charge < -0.3 is 0 Å². The number of hydrogen-bond donors (Lipinski definition) is 0. The molecule has 0 aliphatic carbocycles. The maximum absolute atomic E-state index is 13.0. The van der Waals surface area contributed by atoms with Crippen LogP contribution in [-0.2, 0) is 6.18 Å². The Labute approximate surface area is 83.7 Å². The molecule has 0 spiro atoms. The summed E-state index contributed by atoms with van der Waals surface area (Å²) in [5.74, 6) is -3.18. The molecule has 1 rings (SSSR count). The van der Waals surface area contributed by atoms with Gasteiger partial charge in [-0.15, -0.1) is 9.24 Å². The minimum absolute atomic E-state index is 0.302. The summed E-state index contributed by atoms with van der Waals surface area (Å²) < 4.78 is 62.6. The zero-order valence-electron chi connectivity index (χ0n) is 6.99. The first-order chi connectivity index (χ1) is 6.79. The molecule has 0 radical (unpaired) electrons. The Morgan fingerprint density at radius 3 is 2.13 bits per heavy atom. The topological polar surface area (TPSA) is 23.8 Å². The summed E-state index contributed by atoms with van der Waals surface area (Å²) in [7, 11) is 1.67. The lowest BCUT2D eigenvalue weighted by atomic mass is 10.1. The van der Waals surface area contributed by atoms with Crippen molar-refractivity contribution in [3.8, 4) is 6.07 Å². The van der Waals surface area contributed by atoms with E-state index >= 15 is 0 Å². The summed E-state index contributed by atoms with van der Waals surface area (Å²) in [5.41, 5.74) is -2.87. The number of nitrogens with zero attached hydrogens (tertiary/aromatic N) is 1. The monoisotopic (exact) mass is 239 g/mol. The van der Waals surface area contributed by atoms with Crippen molar-refractivity contribution in [3.63, 3.8) is 0 Å². The molecule has 0 saturated heterocycles. The molecule has 0 fully saturated rings. The van der Waals surface area contributed by atoms with Crippen molar-refractivity contribution in [2.45, 2.75) is 6.18 Å². The van der Waals surface area contributed by atoms with Gasteiger partial charge in [-0.3, -0.25) is 0 Å². The van der Waals surface area contributed by atoms with Crippen LogP contribution in [0.15, 0.2) is 6.07 Å². The fraction of sp³-hybridized carbons (Fsp3) is 0.125. The normalized spacial score (nSPS) is 11.3. The second kappa shape index (κ2) is 3.74. The van der Waals surface area contributed by atoms with Gasteiger partial charge in [0.15, 0.2) is 11.6 Å². The Balaban J connectivity index is 3.60. The molecule has 15 heavy (non-hydrogen) atoms. The summed E-state index contributed by atoms with van der Waals surface area (Å²) in [4.78, 5) is 0. The molecular weight excluding hydrogens is 236 g/mol. The van der Waals surface area contributed by atoms with Gasteiger partial charge in [-0.25, -0.2) is 8.78 Å². The molecule has 0 aliphatic heterocycles. The molecule has 1 nitrogen and oxygen atoms in total. The molecule has 0 heterocycles. The van der Waals surface area contributed by atoms with Crippen LogP contribution in [0.5, 0.6) is 0 Å². The Kier molecular flexibility index (Phi) is 2.96. The molecule has 80 valence electrons. The highest BCUT2D eigenvalue weighted by atomic mass is 31.0. The van der Waals surface area contributed by atoms with Gasteiger partial charge in [0.05, 0.1) is 5.56 Å². The van der Waals surface area contributed by atoms with Crippen molar-refractivity contribution >= 4 is 14.5 Å². The number of rotatable bonds is 0. The lowest BCUT2D eigenvalue weighted by Gasteiger charge is -2.10. The highest BCUT2D eigenvalue weighted by Crippen LogP contribution is 2.32. The molecule has 0 aliphatic rings. The second-order valence-electron chi connectivity index (χ2n) is 2.63. The van der Waals surface area contributed by atoms with E-state index in [0.717, 1.165) is 6.07 Å². The van der Waals surface area contributed by atoms with Crippen molar-refractivity contribution in [2.75, 3.05) is 0 Å². The van der Waals surface area contributed by atoms with E-state index < -0.39 is 34.2 Å². The summed E-state index contributed by atoms with van der Waals surface area (Å²) in [6.45, 7) is 0. The first-order valence-corrected chi connectivity index (χ1v) is 4.11. The fourth-order valence-corrected chi connectivity index (χ4v) is 1.27. The van der Waals surface area contributed by atoms with Crippen LogP contribution < -0.4 is 5.30 Å². The zero-order chi connectivity index (χ0) is 11.8. The lowest BCUT2D eigenvalue weighted by molar-refractivity contribution is -0.140. The quantitative estimate of drug-likeness (QED) is 0.503. The number of hydrogen-bond acceptors (Lipinski definition) is 1. The summed E-state index contributed by atoms with van der Waals surface area (Å²) in [5, 5.41) is 7.81. The lowest BCUT2D eigenvalue weighted by Crippen LogP contribution is -2.16. The molecule has 1 atom stereocenters. The van der Waals surface area contributed by atoms with Crippen LogP contribution in [0.25, 0.3) is 0 Å². The number of nitriles is 1. The highest BCUT2D eigenvalue weighted by molar-refractivity contribution is 7.27. The number of halogens is 5. The van der Waals surface area contributed by atoms with Crippen LogP contribution in [0.3, 0.4) is 0 Å². The van der Waals surface area contributed by atoms with E-state index in [1.807, 2.05) is 0 Å². The van der Waals surface area contributed by atoms with Crippen molar-refractivity contribution in [3.05, 3.63) is 28.8 Å². The average Bonchev–Trinajstić information content (AvgIpc) is 2.10. The van der Waals surface area contributed by atoms with E-state index in [1.165, 1.54) is 0 Å². The maximum atomic E-state index is 13.0. The standard InChI is InChI=1S/C8H3F5NP/c9-6-3(2-14)7(10)5(15)1-4(6)8(11,12)13/h1H,15H2. The number of alkyl halides is 3. The van der Waals surface area contributed by atoms with E-state index in [2.05, 4.69) is 0 Å². The summed E-state index contributed by atoms with van der Waals surface area (Å²) >= 11 is 0. The fourth-order valence-electron chi connectivity index (χ4n) is 0.962. The van der Waals surface area contributed by atoms with Crippen LogP contribution in [0.1, 0.15) is 11.1 Å². The molecule has 0 bridgehead atoms. The van der Waals surface area contributed by atoms with Gasteiger partial charge >= 0.3 is 6.18 Å². The summed E-state index contributed by atoms with van der Waals surface area (Å²) in [6, 6.07) is 1.36. The van der Waals surface area contributed by atoms with E-state index in [1.54, 1.807) is 9.24 Å². The largest absolute Gasteiger partial charge is 0.419 e. The summed E-state index contributed by atoms with van der Waals surface area (Å²) in [6.07, 6.45) is -4.95. The van der Waals surface area contributed by atoms with Gasteiger partial charge in [-0.2, -0.15) is 18.4 Å².